The van der Waals surface area contributed by atoms with Gasteiger partial charge in [-0.1, -0.05) is 86.0 Å². The Morgan fingerprint density at radius 3 is 1.44 bits per heavy atom. The topological polar surface area (TPSA) is 196 Å². The van der Waals surface area contributed by atoms with Gasteiger partial charge in [-0.2, -0.15) is 0 Å². The maximum absolute atomic E-state index is 13.8. The van der Waals surface area contributed by atoms with Crippen LogP contribution in [-0.4, -0.2) is 107 Å². The summed E-state index contributed by atoms with van der Waals surface area (Å²) in [5.41, 5.74) is 1.04. The lowest BCUT2D eigenvalue weighted by molar-refractivity contribution is -0.139. The van der Waals surface area contributed by atoms with E-state index in [4.69, 9.17) is 37.8 Å². The molecule has 4 fully saturated rings. The van der Waals surface area contributed by atoms with E-state index in [1.165, 1.54) is 90.1 Å². The molecule has 4 aliphatic rings. The number of piperidine rings is 2. The summed E-state index contributed by atoms with van der Waals surface area (Å²) in [7, 11) is 0. The number of aromatic nitrogens is 2. The molecule has 4 heterocycles. The number of alkyl carbamates (subject to hydrolysis) is 2. The quantitative estimate of drug-likeness (QED) is 0.0622. The van der Waals surface area contributed by atoms with Crippen LogP contribution in [0.4, 0.5) is 19.9 Å². The van der Waals surface area contributed by atoms with Crippen molar-refractivity contribution < 1.29 is 33.8 Å². The molecule has 2 aliphatic carbocycles. The Bertz CT molecular complexity index is 2390. The number of amides is 3. The van der Waals surface area contributed by atoms with Gasteiger partial charge in [-0.3, -0.25) is 4.79 Å². The molecule has 0 bridgehead atoms. The predicted octanol–water partition coefficient (Wildman–Crippen LogP) is 12.9. The molecule has 2 saturated carbocycles. The van der Waals surface area contributed by atoms with Gasteiger partial charge < -0.3 is 46.1 Å². The maximum Gasteiger partial charge on any atom is 0.408 e. The van der Waals surface area contributed by atoms with E-state index in [0.29, 0.717) is 40.9 Å². The Labute approximate surface area is 475 Å². The minimum absolute atomic E-state index is 0.0593. The van der Waals surface area contributed by atoms with Crippen molar-refractivity contribution >= 4 is 80.2 Å². The largest absolute Gasteiger partial charge is 0.480 e. The first kappa shape index (κ1) is 61.5. The number of rotatable bonds is 16. The number of thiazole rings is 2. The third-order valence-corrected chi connectivity index (χ3v) is 17.3. The number of carboxylic acid groups (broad SMARTS) is 1. The Hall–Kier alpha value is -4.68. The zero-order valence-corrected chi connectivity index (χ0v) is 49.2. The van der Waals surface area contributed by atoms with Crippen LogP contribution in [-0.2, 0) is 31.9 Å². The molecule has 2 aromatic heterocycles. The van der Waals surface area contributed by atoms with Crippen LogP contribution < -0.4 is 26.6 Å². The van der Waals surface area contributed by atoms with E-state index in [0.717, 1.165) is 53.2 Å². The molecule has 0 radical (unpaired) electrons. The zero-order chi connectivity index (χ0) is 55.5. The first-order valence-corrected chi connectivity index (χ1v) is 30.2. The van der Waals surface area contributed by atoms with Gasteiger partial charge in [-0.05, 0) is 164 Å². The molecule has 4 aromatic rings. The number of hydrogen-bond acceptors (Lipinski definition) is 13. The highest BCUT2D eigenvalue weighted by atomic mass is 35.5. The summed E-state index contributed by atoms with van der Waals surface area (Å²) >= 11 is 15.2. The van der Waals surface area contributed by atoms with Gasteiger partial charge in [0.05, 0.1) is 0 Å². The lowest BCUT2D eigenvalue weighted by Crippen LogP contribution is -2.55. The highest BCUT2D eigenvalue weighted by molar-refractivity contribution is 7.13. The molecule has 2 atom stereocenters. The van der Waals surface area contributed by atoms with Gasteiger partial charge in [0.25, 0.3) is 0 Å². The van der Waals surface area contributed by atoms with Crippen molar-refractivity contribution in [3.8, 4) is 0 Å². The maximum atomic E-state index is 13.8. The number of ether oxygens (including phenoxy) is 2. The lowest BCUT2D eigenvalue weighted by Gasteiger charge is -2.48. The second-order valence-corrected chi connectivity index (χ2v) is 25.9. The van der Waals surface area contributed by atoms with Gasteiger partial charge in [0.1, 0.15) is 23.3 Å². The number of nitrogens with one attached hydrogen (secondary N) is 5. The van der Waals surface area contributed by atoms with Gasteiger partial charge in [0.2, 0.25) is 5.91 Å². The van der Waals surface area contributed by atoms with Crippen LogP contribution in [0.25, 0.3) is 0 Å². The van der Waals surface area contributed by atoms with Crippen molar-refractivity contribution in [3.05, 3.63) is 92.9 Å². The lowest BCUT2D eigenvalue weighted by atomic mass is 9.63. The van der Waals surface area contributed by atoms with Crippen LogP contribution in [0, 0.1) is 22.7 Å². The zero-order valence-electron chi connectivity index (χ0n) is 46.1. The van der Waals surface area contributed by atoms with Crippen LogP contribution in [0.15, 0.2) is 71.7 Å². The smallest absolute Gasteiger partial charge is 0.408 e. The van der Waals surface area contributed by atoms with Gasteiger partial charge >= 0.3 is 18.2 Å². The van der Waals surface area contributed by atoms with Crippen LogP contribution in [0.5, 0.6) is 0 Å². The van der Waals surface area contributed by atoms with Gasteiger partial charge in [0.15, 0.2) is 10.3 Å². The number of hydrogen-bond donors (Lipinski definition) is 6. The molecule has 15 nitrogen and oxygen atoms in total. The number of aliphatic carboxylic acids is 1. The van der Waals surface area contributed by atoms with Crippen molar-refractivity contribution in [2.75, 3.05) is 49.9 Å². The van der Waals surface area contributed by atoms with E-state index >= 15 is 0 Å². The molecule has 424 valence electrons. The van der Waals surface area contributed by atoms with Crippen molar-refractivity contribution in [2.45, 2.75) is 168 Å². The fraction of sp³-hybridized carbons (Fsp3) is 0.621. The summed E-state index contributed by atoms with van der Waals surface area (Å²) in [6.45, 7) is 16.3. The standard InChI is InChI=1S/C29H41ClN4O3S.C15H25N3S.C14H18ClNO4/c1-28(2,3)37-27(36)33-24(19-21-9-11-23(30)12-10-21)25(35)34-16-13-29(14-17-34,22-7-5-4-6-8-22)20-32-26-31-15-18-38-26;1-2-4-13(5-3-1)15(6-8-16-9-7-15)12-18-14-17-10-11-19-14;1-14(2,3)20-13(19)16-11(12(17)18)8-9-4-6-10(15)7-5-9/h9-12,15,18,22,24H,4-8,13-14,16-17,19-20H2,1-3H3,(H,31,32)(H,33,36);10-11,13,16H,1-9,12H2,(H,17,18);4-7,11H,8H2,1-3H3,(H,16,19)(H,17,18)/t24-;;11-/m1.1/s1. The monoisotopic (exact) mass is 1140 g/mol. The fourth-order valence-corrected chi connectivity index (χ4v) is 12.7. The number of carbonyl (C=O) groups is 4. The predicted molar refractivity (Wildman–Crippen MR) is 311 cm³/mol. The molecule has 0 spiro atoms. The molecule has 2 aromatic carbocycles. The molecule has 2 aliphatic heterocycles. The molecule has 2 saturated heterocycles. The number of halogens is 2. The van der Waals surface area contributed by atoms with E-state index < -0.39 is 41.4 Å². The molecule has 0 unspecified atom stereocenters. The van der Waals surface area contributed by atoms with Crippen LogP contribution >= 0.6 is 45.9 Å². The summed E-state index contributed by atoms with van der Waals surface area (Å²) in [6.07, 6.45) is 21.1. The number of carbonyl (C=O) groups excluding carboxylic acids is 3. The molecule has 77 heavy (non-hydrogen) atoms. The van der Waals surface area contributed by atoms with E-state index in [1.54, 1.807) is 79.8 Å². The summed E-state index contributed by atoms with van der Waals surface area (Å²) in [5, 5.41) is 32.4. The molecule has 19 heteroatoms. The molecule has 6 N–H and O–H groups in total. The third kappa shape index (κ3) is 20.5. The van der Waals surface area contributed by atoms with Gasteiger partial charge in [-0.15, -0.1) is 22.7 Å². The first-order chi connectivity index (χ1) is 36.7. The highest BCUT2D eigenvalue weighted by Crippen LogP contribution is 2.47. The van der Waals surface area contributed by atoms with Gasteiger partial charge in [-0.25, -0.2) is 24.4 Å². The fourth-order valence-electron chi connectivity index (χ4n) is 11.3. The van der Waals surface area contributed by atoms with Crippen molar-refractivity contribution in [3.63, 3.8) is 0 Å². The Balaban J connectivity index is 0.000000207. The Morgan fingerprint density at radius 1 is 0.649 bits per heavy atom. The Kier molecular flexibility index (Phi) is 23.6. The van der Waals surface area contributed by atoms with E-state index in [2.05, 4.69) is 41.9 Å². The average molecular weight is 1140 g/mol. The van der Waals surface area contributed by atoms with E-state index in [9.17, 15) is 19.2 Å². The minimum atomic E-state index is -1.12. The van der Waals surface area contributed by atoms with Crippen molar-refractivity contribution in [1.29, 1.82) is 0 Å². The molecular weight excluding hydrogens is 1060 g/mol. The van der Waals surface area contributed by atoms with Crippen molar-refractivity contribution in [2.24, 2.45) is 22.7 Å². The minimum Gasteiger partial charge on any atom is -0.480 e. The van der Waals surface area contributed by atoms with Crippen LogP contribution in [0.2, 0.25) is 10.0 Å². The van der Waals surface area contributed by atoms with Crippen LogP contribution in [0.3, 0.4) is 0 Å². The summed E-state index contributed by atoms with van der Waals surface area (Å²) in [5.74, 6) is 0.406. The molecular formula is C58H84Cl2N8O7S2. The summed E-state index contributed by atoms with van der Waals surface area (Å²) in [6, 6.07) is 12.4. The number of benzene rings is 2. The van der Waals surface area contributed by atoms with Crippen molar-refractivity contribution in [1.82, 2.24) is 30.8 Å². The second kappa shape index (κ2) is 29.5. The second-order valence-electron chi connectivity index (χ2n) is 23.2. The normalized spacial score (nSPS) is 18.6. The van der Waals surface area contributed by atoms with E-state index in [1.807, 2.05) is 55.6 Å². The Morgan fingerprint density at radius 2 is 1.05 bits per heavy atom. The molecule has 8 rings (SSSR count). The summed E-state index contributed by atoms with van der Waals surface area (Å²) in [4.78, 5) is 60.0. The third-order valence-electron chi connectivity index (χ3n) is 15.3. The van der Waals surface area contributed by atoms with Gasteiger partial charge in [0, 0.05) is 72.2 Å². The first-order valence-electron chi connectivity index (χ1n) is 27.7. The SMILES string of the molecule is CC(C)(C)OC(=O)N[C@H](Cc1ccc(Cl)cc1)C(=O)N1CCC(CNc2nccs2)(C2CCCCC2)CC1.CC(C)(C)OC(=O)N[C@H](Cc1ccc(Cl)cc1)C(=O)O.c1csc(NCC2(C3CCCCC3)CCNCC2)n1. The number of nitrogens with zero attached hydrogens (tertiary/aromatic N) is 3. The number of carboxylic acids is 1. The number of anilines is 2. The number of likely N-dealkylation sites (tertiary alicyclic amines) is 1. The van der Waals surface area contributed by atoms with E-state index in [-0.39, 0.29) is 17.7 Å². The summed E-state index contributed by atoms with van der Waals surface area (Å²) < 4.78 is 10.5. The van der Waals surface area contributed by atoms with Crippen LogP contribution in [0.1, 0.15) is 143 Å². The molecule has 3 amide bonds. The average Bonchev–Trinajstić information content (AvgIpc) is 4.15. The highest BCUT2D eigenvalue weighted by Gasteiger charge is 2.44.